The molecule has 0 aliphatic heterocycles. The van der Waals surface area contributed by atoms with Crippen molar-refractivity contribution in [3.63, 3.8) is 0 Å². The number of aryl methyl sites for hydroxylation is 4. The van der Waals surface area contributed by atoms with Crippen molar-refractivity contribution < 1.29 is 8.42 Å². The van der Waals surface area contributed by atoms with Crippen molar-refractivity contribution >= 4 is 15.5 Å². The molecule has 170 valence electrons. The molecule has 0 amide bonds. The van der Waals surface area contributed by atoms with E-state index in [1.54, 1.807) is 26.0 Å². The van der Waals surface area contributed by atoms with Gasteiger partial charge in [0.2, 0.25) is 0 Å². The fourth-order valence-electron chi connectivity index (χ4n) is 5.14. The van der Waals surface area contributed by atoms with Gasteiger partial charge in [0.15, 0.2) is 0 Å². The third kappa shape index (κ3) is 3.21. The van der Waals surface area contributed by atoms with Crippen LogP contribution >= 0.6 is 0 Å². The Kier molecular flexibility index (Phi) is 4.74. The van der Waals surface area contributed by atoms with Crippen molar-refractivity contribution in [2.24, 2.45) is 0 Å². The molecule has 6 rings (SSSR count). The fraction of sp³-hybridized carbons (Fsp3) is 0.179. The Morgan fingerprint density at radius 3 is 2.26 bits per heavy atom. The molecule has 0 radical (unpaired) electrons. The number of fused-ring (bicyclic) bond motifs is 2. The van der Waals surface area contributed by atoms with Crippen LogP contribution in [0.1, 0.15) is 28.9 Å². The number of benzene rings is 2. The third-order valence-corrected chi connectivity index (χ3v) is 8.72. The molecule has 0 spiro atoms. The van der Waals surface area contributed by atoms with Crippen LogP contribution in [0.4, 0.5) is 0 Å². The first-order valence-corrected chi connectivity index (χ1v) is 13.0. The SMILES string of the molecule is Cc1ccc(C)n1S(=O)(=O)c1ccc(-c2c(-c3ccc4c(c3)CCC4)nn3ccccc23)cc1. The van der Waals surface area contributed by atoms with Crippen molar-refractivity contribution in [3.8, 4) is 22.4 Å². The van der Waals surface area contributed by atoms with Gasteiger partial charge in [-0.3, -0.25) is 0 Å². The highest BCUT2D eigenvalue weighted by Crippen LogP contribution is 2.37. The molecule has 1 aliphatic rings. The zero-order valence-corrected chi connectivity index (χ0v) is 20.0. The van der Waals surface area contributed by atoms with Gasteiger partial charge >= 0.3 is 0 Å². The summed E-state index contributed by atoms with van der Waals surface area (Å²) in [5.74, 6) is 0. The smallest absolute Gasteiger partial charge is 0.243 e. The summed E-state index contributed by atoms with van der Waals surface area (Å²) in [6.07, 6.45) is 5.40. The molecule has 0 N–H and O–H groups in total. The van der Waals surface area contributed by atoms with Crippen LogP contribution < -0.4 is 0 Å². The summed E-state index contributed by atoms with van der Waals surface area (Å²) in [7, 11) is -3.66. The van der Waals surface area contributed by atoms with Crippen molar-refractivity contribution in [1.82, 2.24) is 13.6 Å². The Hall–Kier alpha value is -3.64. The number of pyridine rings is 1. The molecule has 0 unspecified atom stereocenters. The maximum atomic E-state index is 13.3. The summed E-state index contributed by atoms with van der Waals surface area (Å²) in [6, 6.07) is 23.5. The molecule has 0 fully saturated rings. The van der Waals surface area contributed by atoms with Crippen LogP contribution in [-0.2, 0) is 22.9 Å². The first-order valence-electron chi connectivity index (χ1n) is 11.5. The van der Waals surface area contributed by atoms with E-state index in [0.29, 0.717) is 11.4 Å². The molecule has 1 aliphatic carbocycles. The molecule has 6 heteroatoms. The molecule has 0 bridgehead atoms. The van der Waals surface area contributed by atoms with Crippen LogP contribution in [-0.4, -0.2) is 22.0 Å². The van der Waals surface area contributed by atoms with E-state index in [2.05, 4.69) is 24.3 Å². The molecule has 2 aromatic carbocycles. The zero-order valence-electron chi connectivity index (χ0n) is 19.2. The lowest BCUT2D eigenvalue weighted by Crippen LogP contribution is -2.15. The highest BCUT2D eigenvalue weighted by molar-refractivity contribution is 7.90. The van der Waals surface area contributed by atoms with Crippen LogP contribution in [0.15, 0.2) is 83.9 Å². The standard InChI is InChI=1S/C28H25N3O2S/c1-19-9-10-20(2)31(19)34(32,33)25-15-13-22(14-16-25)27-26-8-3-4-17-30(26)29-28(27)24-12-11-21-6-5-7-23(21)18-24/h3-4,8-18H,5-7H2,1-2H3. The average Bonchev–Trinajstić information content (AvgIpc) is 3.55. The lowest BCUT2D eigenvalue weighted by atomic mass is 9.97. The van der Waals surface area contributed by atoms with E-state index in [9.17, 15) is 8.42 Å². The van der Waals surface area contributed by atoms with Crippen LogP contribution in [0, 0.1) is 13.8 Å². The Bertz CT molecular complexity index is 1640. The summed E-state index contributed by atoms with van der Waals surface area (Å²) < 4.78 is 29.9. The maximum Gasteiger partial charge on any atom is 0.268 e. The minimum absolute atomic E-state index is 0.272. The number of hydrogen-bond acceptors (Lipinski definition) is 3. The van der Waals surface area contributed by atoms with Crippen molar-refractivity contribution in [2.45, 2.75) is 38.0 Å². The van der Waals surface area contributed by atoms with Gasteiger partial charge in [0.1, 0.15) is 5.69 Å². The van der Waals surface area contributed by atoms with E-state index >= 15 is 0 Å². The Balaban J connectivity index is 1.49. The highest BCUT2D eigenvalue weighted by Gasteiger charge is 2.22. The monoisotopic (exact) mass is 467 g/mol. The minimum atomic E-state index is -3.66. The second-order valence-electron chi connectivity index (χ2n) is 9.00. The molecular weight excluding hydrogens is 442 g/mol. The van der Waals surface area contributed by atoms with Crippen molar-refractivity contribution in [1.29, 1.82) is 0 Å². The molecule has 5 aromatic rings. The molecule has 3 heterocycles. The topological polar surface area (TPSA) is 56.4 Å². The predicted molar refractivity (Wildman–Crippen MR) is 135 cm³/mol. The van der Waals surface area contributed by atoms with Crippen LogP contribution in [0.25, 0.3) is 27.9 Å². The van der Waals surface area contributed by atoms with Crippen LogP contribution in [0.5, 0.6) is 0 Å². The second-order valence-corrected chi connectivity index (χ2v) is 10.8. The molecule has 5 nitrogen and oxygen atoms in total. The quantitative estimate of drug-likeness (QED) is 0.335. The summed E-state index contributed by atoms with van der Waals surface area (Å²) in [6.45, 7) is 3.61. The van der Waals surface area contributed by atoms with Crippen molar-refractivity contribution in [3.05, 3.63) is 102 Å². The second kappa shape index (κ2) is 7.71. The number of rotatable bonds is 4. The molecule has 3 aromatic heterocycles. The largest absolute Gasteiger partial charge is 0.268 e. The highest BCUT2D eigenvalue weighted by atomic mass is 32.2. The molecule has 0 saturated heterocycles. The number of nitrogens with zero attached hydrogens (tertiary/aromatic N) is 3. The Labute approximate surface area is 199 Å². The lowest BCUT2D eigenvalue weighted by molar-refractivity contribution is 0.585. The van der Waals surface area contributed by atoms with E-state index in [4.69, 9.17) is 5.10 Å². The van der Waals surface area contributed by atoms with E-state index < -0.39 is 10.0 Å². The van der Waals surface area contributed by atoms with Crippen LogP contribution in [0.3, 0.4) is 0 Å². The summed E-state index contributed by atoms with van der Waals surface area (Å²) >= 11 is 0. The van der Waals surface area contributed by atoms with Crippen molar-refractivity contribution in [2.75, 3.05) is 0 Å². The first-order chi connectivity index (χ1) is 16.4. The lowest BCUT2D eigenvalue weighted by Gasteiger charge is -2.12. The number of hydrogen-bond donors (Lipinski definition) is 0. The fourth-order valence-corrected chi connectivity index (χ4v) is 6.71. The van der Waals surface area contributed by atoms with E-state index in [1.807, 2.05) is 47.1 Å². The third-order valence-electron chi connectivity index (χ3n) is 6.80. The van der Waals surface area contributed by atoms with Gasteiger partial charge in [-0.2, -0.15) is 5.10 Å². The van der Waals surface area contributed by atoms with Gasteiger partial charge < -0.3 is 0 Å². The molecule has 34 heavy (non-hydrogen) atoms. The van der Waals surface area contributed by atoms with Gasteiger partial charge in [0, 0.05) is 28.7 Å². The molecule has 0 saturated carbocycles. The average molecular weight is 468 g/mol. The van der Waals surface area contributed by atoms with Crippen LogP contribution in [0.2, 0.25) is 0 Å². The summed E-state index contributed by atoms with van der Waals surface area (Å²) in [5, 5.41) is 4.91. The van der Waals surface area contributed by atoms with E-state index in [0.717, 1.165) is 40.7 Å². The van der Waals surface area contributed by atoms with Gasteiger partial charge in [-0.15, -0.1) is 0 Å². The summed E-state index contributed by atoms with van der Waals surface area (Å²) in [4.78, 5) is 0.272. The maximum absolute atomic E-state index is 13.3. The van der Waals surface area contributed by atoms with Gasteiger partial charge in [-0.1, -0.05) is 30.3 Å². The Morgan fingerprint density at radius 2 is 1.50 bits per heavy atom. The zero-order chi connectivity index (χ0) is 23.4. The predicted octanol–water partition coefficient (Wildman–Crippen LogP) is 5.81. The normalized spacial score (nSPS) is 13.5. The Morgan fingerprint density at radius 1 is 0.794 bits per heavy atom. The first kappa shape index (κ1) is 20.9. The van der Waals surface area contributed by atoms with E-state index in [1.165, 1.54) is 21.5 Å². The van der Waals surface area contributed by atoms with E-state index in [-0.39, 0.29) is 4.90 Å². The summed E-state index contributed by atoms with van der Waals surface area (Å²) in [5.41, 5.74) is 9.17. The van der Waals surface area contributed by atoms with Gasteiger partial charge in [-0.25, -0.2) is 16.9 Å². The minimum Gasteiger partial charge on any atom is -0.243 e. The van der Waals surface area contributed by atoms with Gasteiger partial charge in [0.05, 0.1) is 10.4 Å². The van der Waals surface area contributed by atoms with Gasteiger partial charge in [0.25, 0.3) is 10.0 Å². The molecular formula is C28H25N3O2S. The van der Waals surface area contributed by atoms with Gasteiger partial charge in [-0.05, 0) is 92.3 Å². The molecule has 0 atom stereocenters. The number of aromatic nitrogens is 3.